The quantitative estimate of drug-likeness (QED) is 0.467. The van der Waals surface area contributed by atoms with Gasteiger partial charge in [-0.05, 0) is 62.1 Å². The highest BCUT2D eigenvalue weighted by atomic mass is 16.2. The van der Waals surface area contributed by atoms with Crippen LogP contribution < -0.4 is 15.5 Å². The largest absolute Gasteiger partial charge is 0.357 e. The van der Waals surface area contributed by atoms with Crippen LogP contribution in [0.3, 0.4) is 0 Å². The molecule has 5 heterocycles. The van der Waals surface area contributed by atoms with Gasteiger partial charge in [-0.3, -0.25) is 14.6 Å². The predicted octanol–water partition coefficient (Wildman–Crippen LogP) is 2.93. The number of nitrogens with zero attached hydrogens (tertiary/aromatic N) is 4. The number of carbonyl (C=O) groups is 2. The van der Waals surface area contributed by atoms with E-state index < -0.39 is 0 Å². The molecule has 9 nitrogen and oxygen atoms in total. The van der Waals surface area contributed by atoms with Gasteiger partial charge in [0.2, 0.25) is 5.91 Å². The molecule has 1 saturated heterocycles. The number of nitrogens with one attached hydrogen (secondary N) is 3. The number of H-pyrrole nitrogens is 1. The van der Waals surface area contributed by atoms with E-state index in [1.54, 1.807) is 0 Å². The predicted molar refractivity (Wildman–Crippen MR) is 146 cm³/mol. The summed E-state index contributed by atoms with van der Waals surface area (Å²) in [5.74, 6) is 0.547. The number of amides is 2. The third kappa shape index (κ3) is 3.80. The number of aromatic amines is 1. The Morgan fingerprint density at radius 2 is 1.95 bits per heavy atom. The first-order valence-electron chi connectivity index (χ1n) is 13.4. The van der Waals surface area contributed by atoms with Crippen molar-refractivity contribution < 1.29 is 9.59 Å². The molecule has 4 aliphatic rings. The molecular formula is C29H31N7O2. The van der Waals surface area contributed by atoms with E-state index in [0.29, 0.717) is 5.69 Å². The van der Waals surface area contributed by atoms with Crippen LogP contribution in [0.2, 0.25) is 0 Å². The van der Waals surface area contributed by atoms with Crippen LogP contribution in [0.15, 0.2) is 37.2 Å². The molecular weight excluding hydrogens is 478 g/mol. The second kappa shape index (κ2) is 8.52. The number of carbonyl (C=O) groups excluding carboxylic acids is 2. The van der Waals surface area contributed by atoms with Gasteiger partial charge in [-0.15, -0.1) is 0 Å². The fraction of sp³-hybridized carbons (Fsp3) is 0.379. The van der Waals surface area contributed by atoms with Crippen LogP contribution in [0.4, 0.5) is 11.5 Å². The van der Waals surface area contributed by atoms with Crippen molar-refractivity contribution in [3.8, 4) is 22.5 Å². The van der Waals surface area contributed by atoms with Crippen LogP contribution in [0.1, 0.15) is 40.0 Å². The van der Waals surface area contributed by atoms with Gasteiger partial charge in [-0.25, -0.2) is 4.98 Å². The van der Waals surface area contributed by atoms with Crippen molar-refractivity contribution in [2.45, 2.75) is 37.6 Å². The Balaban J connectivity index is 1.27. The van der Waals surface area contributed by atoms with Crippen LogP contribution in [-0.2, 0) is 24.1 Å². The molecule has 7 rings (SSSR count). The maximum Gasteiger partial charge on any atom is 0.253 e. The van der Waals surface area contributed by atoms with Crippen molar-refractivity contribution in [2.75, 3.05) is 43.4 Å². The molecule has 0 atom stereocenters. The van der Waals surface area contributed by atoms with Crippen molar-refractivity contribution in [3.05, 3.63) is 59.6 Å². The average Bonchev–Trinajstić information content (AvgIpc) is 3.54. The molecule has 3 aromatic heterocycles. The summed E-state index contributed by atoms with van der Waals surface area (Å²) in [7, 11) is 2.11. The Kier molecular flexibility index (Phi) is 5.20. The summed E-state index contributed by atoms with van der Waals surface area (Å²) >= 11 is 0. The Labute approximate surface area is 221 Å². The SMILES string of the molecule is C=CC(=O)Nc1cc(-c2cc3c(cn2)CCc2c-3[nH]c3c2C(=O)NC2(CC2)C3)cnc1N1CCN(C)CC1. The lowest BCUT2D eigenvalue weighted by molar-refractivity contribution is -0.111. The summed E-state index contributed by atoms with van der Waals surface area (Å²) in [6, 6.07) is 4.04. The number of fused-ring (bicyclic) bond motifs is 5. The molecule has 2 aliphatic heterocycles. The van der Waals surface area contributed by atoms with Gasteiger partial charge < -0.3 is 25.4 Å². The fourth-order valence-electron chi connectivity index (χ4n) is 6.10. The van der Waals surface area contributed by atoms with Crippen molar-refractivity contribution in [1.29, 1.82) is 0 Å². The molecule has 3 aromatic rings. The zero-order valence-electron chi connectivity index (χ0n) is 21.6. The van der Waals surface area contributed by atoms with Crippen LogP contribution >= 0.6 is 0 Å². The highest BCUT2D eigenvalue weighted by molar-refractivity contribution is 6.02. The zero-order chi connectivity index (χ0) is 26.0. The minimum Gasteiger partial charge on any atom is -0.357 e. The third-order valence-corrected chi connectivity index (χ3v) is 8.46. The van der Waals surface area contributed by atoms with E-state index in [0.717, 1.165) is 103 Å². The van der Waals surface area contributed by atoms with E-state index >= 15 is 0 Å². The number of piperazine rings is 1. The first-order valence-corrected chi connectivity index (χ1v) is 13.4. The molecule has 0 unspecified atom stereocenters. The van der Waals surface area contributed by atoms with Crippen LogP contribution in [0, 0.1) is 0 Å². The fourth-order valence-corrected chi connectivity index (χ4v) is 6.10. The van der Waals surface area contributed by atoms with Crippen molar-refractivity contribution >= 4 is 23.3 Å². The average molecular weight is 510 g/mol. The van der Waals surface area contributed by atoms with E-state index in [4.69, 9.17) is 9.97 Å². The molecule has 194 valence electrons. The van der Waals surface area contributed by atoms with Gasteiger partial charge in [0.25, 0.3) is 5.91 Å². The molecule has 0 radical (unpaired) electrons. The molecule has 2 fully saturated rings. The van der Waals surface area contributed by atoms with Crippen molar-refractivity contribution in [1.82, 2.24) is 25.2 Å². The number of aryl methyl sites for hydroxylation is 1. The number of hydrogen-bond acceptors (Lipinski definition) is 6. The number of pyridine rings is 2. The Morgan fingerprint density at radius 1 is 1.13 bits per heavy atom. The van der Waals surface area contributed by atoms with Crippen LogP contribution in [-0.4, -0.2) is 70.4 Å². The lowest BCUT2D eigenvalue weighted by atomic mass is 9.87. The monoisotopic (exact) mass is 509 g/mol. The van der Waals surface area contributed by atoms with E-state index in [1.807, 2.05) is 18.5 Å². The molecule has 2 aliphatic carbocycles. The molecule has 0 aromatic carbocycles. The number of rotatable bonds is 4. The summed E-state index contributed by atoms with van der Waals surface area (Å²) < 4.78 is 0. The van der Waals surface area contributed by atoms with Gasteiger partial charge in [0.1, 0.15) is 0 Å². The van der Waals surface area contributed by atoms with Crippen molar-refractivity contribution in [3.63, 3.8) is 0 Å². The van der Waals surface area contributed by atoms with E-state index in [1.165, 1.54) is 11.6 Å². The molecule has 3 N–H and O–H groups in total. The third-order valence-electron chi connectivity index (χ3n) is 8.46. The Hall–Kier alpha value is -3.98. The molecule has 0 bridgehead atoms. The van der Waals surface area contributed by atoms with Crippen LogP contribution in [0.5, 0.6) is 0 Å². The number of aromatic nitrogens is 3. The summed E-state index contributed by atoms with van der Waals surface area (Å²) in [5.41, 5.74) is 8.53. The molecule has 2 amide bonds. The van der Waals surface area contributed by atoms with E-state index in [-0.39, 0.29) is 17.4 Å². The maximum atomic E-state index is 13.0. The van der Waals surface area contributed by atoms with Gasteiger partial charge in [-0.1, -0.05) is 6.58 Å². The number of likely N-dealkylation sites (N-methyl/N-ethyl adjacent to an activating group) is 1. The van der Waals surface area contributed by atoms with Gasteiger partial charge >= 0.3 is 0 Å². The second-order valence-electron chi connectivity index (χ2n) is 11.0. The highest BCUT2D eigenvalue weighted by Gasteiger charge is 2.49. The van der Waals surface area contributed by atoms with E-state index in [9.17, 15) is 9.59 Å². The normalized spacial score (nSPS) is 19.3. The number of hydrogen-bond donors (Lipinski definition) is 3. The van der Waals surface area contributed by atoms with Gasteiger partial charge in [0.15, 0.2) is 5.82 Å². The summed E-state index contributed by atoms with van der Waals surface area (Å²) in [5, 5.41) is 6.21. The molecule has 1 saturated carbocycles. The Bertz CT molecular complexity index is 1490. The smallest absolute Gasteiger partial charge is 0.253 e. The molecule has 1 spiro atoms. The first-order chi connectivity index (χ1) is 18.4. The summed E-state index contributed by atoms with van der Waals surface area (Å²) in [6.45, 7) is 7.16. The zero-order valence-corrected chi connectivity index (χ0v) is 21.6. The molecule has 38 heavy (non-hydrogen) atoms. The standard InChI is InChI=1S/C29H31N7O2/c1-3-24(37)32-22-12-18(16-31-27(22)36-10-8-35(2)9-11-36)21-13-20-17(15-30-21)4-5-19-25-23(33-26(19)20)14-29(6-7-29)34-28(25)38/h3,12-13,15-16,33H,1,4-11,14H2,2H3,(H,32,37)(H,34,38). The van der Waals surface area contributed by atoms with Crippen molar-refractivity contribution in [2.24, 2.45) is 0 Å². The molecule has 9 heteroatoms. The lowest BCUT2D eigenvalue weighted by Crippen LogP contribution is -2.45. The van der Waals surface area contributed by atoms with Gasteiger partial charge in [0.05, 0.1) is 22.6 Å². The topological polar surface area (TPSA) is 106 Å². The minimum absolute atomic E-state index is 0.0345. The minimum atomic E-state index is -0.272. The Morgan fingerprint density at radius 3 is 2.71 bits per heavy atom. The summed E-state index contributed by atoms with van der Waals surface area (Å²) in [6.07, 6.45) is 9.69. The second-order valence-corrected chi connectivity index (χ2v) is 11.0. The van der Waals surface area contributed by atoms with E-state index in [2.05, 4.69) is 45.1 Å². The van der Waals surface area contributed by atoms with Gasteiger partial charge in [-0.2, -0.15) is 0 Å². The highest BCUT2D eigenvalue weighted by Crippen LogP contribution is 2.46. The first kappa shape index (κ1) is 23.2. The maximum absolute atomic E-state index is 13.0. The number of anilines is 2. The lowest BCUT2D eigenvalue weighted by Gasteiger charge is -2.34. The van der Waals surface area contributed by atoms with Crippen LogP contribution in [0.25, 0.3) is 22.5 Å². The summed E-state index contributed by atoms with van der Waals surface area (Å²) in [4.78, 5) is 43.0. The van der Waals surface area contributed by atoms with Gasteiger partial charge in [0, 0.05) is 67.4 Å².